The summed E-state index contributed by atoms with van der Waals surface area (Å²) in [7, 11) is -3.42. The molecule has 4 aromatic rings. The van der Waals surface area contributed by atoms with Gasteiger partial charge in [-0.25, -0.2) is 12.8 Å². The van der Waals surface area contributed by atoms with Crippen LogP contribution in [0.3, 0.4) is 0 Å². The molecule has 196 valence electrons. The lowest BCUT2D eigenvalue weighted by atomic mass is 9.96. The zero-order chi connectivity index (χ0) is 27.2. The van der Waals surface area contributed by atoms with E-state index < -0.39 is 10.0 Å². The molecule has 1 saturated heterocycles. The largest absolute Gasteiger partial charge is 0.351 e. The quantitative estimate of drug-likeness (QED) is 0.310. The van der Waals surface area contributed by atoms with Gasteiger partial charge in [-0.05, 0) is 98.7 Å². The van der Waals surface area contributed by atoms with Crippen molar-refractivity contribution >= 4 is 38.7 Å². The van der Waals surface area contributed by atoms with E-state index in [1.807, 2.05) is 66.6 Å². The van der Waals surface area contributed by atoms with E-state index in [9.17, 15) is 12.8 Å². The van der Waals surface area contributed by atoms with Crippen LogP contribution in [0.25, 0.3) is 5.69 Å². The van der Waals surface area contributed by atoms with E-state index in [0.29, 0.717) is 10.8 Å². The highest BCUT2D eigenvalue weighted by Crippen LogP contribution is 2.44. The number of nitrogens with one attached hydrogen (secondary N) is 2. The maximum absolute atomic E-state index is 14.1. The van der Waals surface area contributed by atoms with E-state index in [2.05, 4.69) is 21.1 Å². The Labute approximate surface area is 227 Å². The second-order valence-electron chi connectivity index (χ2n) is 9.51. The molecule has 0 spiro atoms. The molecular weight excluding hydrogens is 521 g/mol. The van der Waals surface area contributed by atoms with E-state index in [0.717, 1.165) is 45.8 Å². The number of anilines is 2. The van der Waals surface area contributed by atoms with Gasteiger partial charge in [0.25, 0.3) is 0 Å². The molecular formula is C28H28FN5O2S2. The molecule has 2 aromatic heterocycles. The summed E-state index contributed by atoms with van der Waals surface area (Å²) in [6, 6.07) is 19.4. The van der Waals surface area contributed by atoms with Gasteiger partial charge < -0.3 is 14.8 Å². The van der Waals surface area contributed by atoms with Gasteiger partial charge in [-0.15, -0.1) is 0 Å². The Hall–Kier alpha value is -3.76. The number of sulfonamides is 1. The molecule has 0 amide bonds. The second-order valence-corrected chi connectivity index (χ2v) is 11.6. The van der Waals surface area contributed by atoms with E-state index >= 15 is 0 Å². The number of aryl methyl sites for hydroxylation is 2. The van der Waals surface area contributed by atoms with E-state index in [4.69, 9.17) is 12.2 Å². The van der Waals surface area contributed by atoms with E-state index in [1.54, 1.807) is 18.3 Å². The summed E-state index contributed by atoms with van der Waals surface area (Å²) >= 11 is 5.85. The Morgan fingerprint density at radius 3 is 2.45 bits per heavy atom. The summed E-state index contributed by atoms with van der Waals surface area (Å²) in [6.45, 7) is 5.87. The van der Waals surface area contributed by atoms with Crippen LogP contribution in [-0.4, -0.2) is 29.3 Å². The SMILES string of the molecule is Cc1cc(N2C(=S)N[C@H](c3ccccn3)[C@H]2c2cc(C)n(-c3cccc(F)c3)c2C)ccc1NS(C)(=O)=O. The molecule has 2 atom stereocenters. The Balaban J connectivity index is 1.65. The molecule has 1 fully saturated rings. The molecule has 0 unspecified atom stereocenters. The molecule has 0 saturated carbocycles. The minimum atomic E-state index is -3.42. The minimum Gasteiger partial charge on any atom is -0.351 e. The summed E-state index contributed by atoms with van der Waals surface area (Å²) in [5.41, 5.74) is 6.62. The Morgan fingerprint density at radius 1 is 1.00 bits per heavy atom. The van der Waals surface area contributed by atoms with Crippen molar-refractivity contribution in [2.24, 2.45) is 0 Å². The standard InChI is InChI=1S/C28H28FN5O2S2/c1-17-14-22(11-12-24(17)32-38(4,35)36)34-27(26(31-28(34)37)25-10-5-6-13-30-25)23-15-18(2)33(19(23)3)21-9-7-8-20(29)16-21/h5-16,26-27,32H,1-4H3,(H,31,37)/t26-,27-/m1/s1. The molecule has 2 N–H and O–H groups in total. The minimum absolute atomic E-state index is 0.251. The van der Waals surface area contributed by atoms with Gasteiger partial charge in [0.1, 0.15) is 5.82 Å². The number of rotatable bonds is 6. The average Bonchev–Trinajstić information content (AvgIpc) is 3.35. The molecule has 0 bridgehead atoms. The molecule has 0 aliphatic carbocycles. The van der Waals surface area contributed by atoms with E-state index in [1.165, 1.54) is 12.1 Å². The van der Waals surface area contributed by atoms with Crippen molar-refractivity contribution in [3.63, 3.8) is 0 Å². The number of halogens is 1. The lowest BCUT2D eigenvalue weighted by Crippen LogP contribution is -2.29. The van der Waals surface area contributed by atoms with Crippen molar-refractivity contribution in [1.82, 2.24) is 14.9 Å². The molecule has 0 radical (unpaired) electrons. The number of pyridine rings is 1. The molecule has 38 heavy (non-hydrogen) atoms. The van der Waals surface area contributed by atoms with Gasteiger partial charge in [-0.1, -0.05) is 12.1 Å². The van der Waals surface area contributed by atoms with Crippen molar-refractivity contribution < 1.29 is 12.8 Å². The summed E-state index contributed by atoms with van der Waals surface area (Å²) in [5.74, 6) is -0.300. The van der Waals surface area contributed by atoms with Gasteiger partial charge in [0, 0.05) is 29.0 Å². The molecule has 1 aliphatic heterocycles. The predicted molar refractivity (Wildman–Crippen MR) is 153 cm³/mol. The summed E-state index contributed by atoms with van der Waals surface area (Å²) in [5, 5.41) is 3.99. The lowest BCUT2D eigenvalue weighted by molar-refractivity contribution is 0.565. The highest BCUT2D eigenvalue weighted by molar-refractivity contribution is 7.92. The molecule has 5 rings (SSSR count). The number of nitrogens with zero attached hydrogens (tertiary/aromatic N) is 3. The third-order valence-electron chi connectivity index (χ3n) is 6.74. The van der Waals surface area contributed by atoms with Crippen LogP contribution in [0.2, 0.25) is 0 Å². The fraction of sp³-hybridized carbons (Fsp3) is 0.214. The Morgan fingerprint density at radius 2 is 1.79 bits per heavy atom. The van der Waals surface area contributed by atoms with Crippen molar-refractivity contribution in [2.45, 2.75) is 32.9 Å². The number of aromatic nitrogens is 2. The van der Waals surface area contributed by atoms with Crippen LogP contribution in [0, 0.1) is 26.6 Å². The van der Waals surface area contributed by atoms with Gasteiger partial charge in [-0.2, -0.15) is 0 Å². The first-order chi connectivity index (χ1) is 18.0. The van der Waals surface area contributed by atoms with Gasteiger partial charge in [0.15, 0.2) is 5.11 Å². The number of hydrogen-bond acceptors (Lipinski definition) is 4. The number of hydrogen-bond donors (Lipinski definition) is 2. The van der Waals surface area contributed by atoms with Crippen LogP contribution in [0.1, 0.15) is 40.3 Å². The fourth-order valence-electron chi connectivity index (χ4n) is 5.16. The van der Waals surface area contributed by atoms with Crippen molar-refractivity contribution in [3.05, 3.63) is 107 Å². The zero-order valence-corrected chi connectivity index (χ0v) is 23.1. The maximum atomic E-state index is 14.1. The smallest absolute Gasteiger partial charge is 0.229 e. The first kappa shape index (κ1) is 25.9. The highest BCUT2D eigenvalue weighted by Gasteiger charge is 2.42. The molecule has 10 heteroatoms. The summed E-state index contributed by atoms with van der Waals surface area (Å²) < 4.78 is 42.3. The summed E-state index contributed by atoms with van der Waals surface area (Å²) in [4.78, 5) is 6.66. The van der Waals surface area contributed by atoms with Crippen LogP contribution in [0.5, 0.6) is 0 Å². The first-order valence-electron chi connectivity index (χ1n) is 12.1. The molecule has 2 aromatic carbocycles. The first-order valence-corrected chi connectivity index (χ1v) is 14.4. The zero-order valence-electron chi connectivity index (χ0n) is 21.4. The van der Waals surface area contributed by atoms with Gasteiger partial charge in [0.2, 0.25) is 10.0 Å². The summed E-state index contributed by atoms with van der Waals surface area (Å²) in [6.07, 6.45) is 2.88. The Kier molecular flexibility index (Phi) is 6.70. The van der Waals surface area contributed by atoms with Gasteiger partial charge in [0.05, 0.1) is 29.7 Å². The number of benzene rings is 2. The maximum Gasteiger partial charge on any atom is 0.229 e. The van der Waals surface area contributed by atoms with Crippen LogP contribution >= 0.6 is 12.2 Å². The van der Waals surface area contributed by atoms with Crippen molar-refractivity contribution in [3.8, 4) is 5.69 Å². The van der Waals surface area contributed by atoms with Crippen LogP contribution < -0.4 is 14.9 Å². The van der Waals surface area contributed by atoms with E-state index in [-0.39, 0.29) is 17.9 Å². The molecule has 1 aliphatic rings. The monoisotopic (exact) mass is 549 g/mol. The number of thiocarbonyl (C=S) groups is 1. The highest BCUT2D eigenvalue weighted by atomic mass is 32.2. The fourth-order valence-corrected chi connectivity index (χ4v) is 6.13. The van der Waals surface area contributed by atoms with Crippen molar-refractivity contribution in [1.29, 1.82) is 0 Å². The van der Waals surface area contributed by atoms with Crippen LogP contribution in [0.4, 0.5) is 15.8 Å². The lowest BCUT2D eigenvalue weighted by Gasteiger charge is -2.29. The normalized spacial score (nSPS) is 17.5. The third kappa shape index (κ3) is 4.89. The molecule has 3 heterocycles. The third-order valence-corrected chi connectivity index (χ3v) is 7.64. The van der Waals surface area contributed by atoms with Crippen LogP contribution in [0.15, 0.2) is 72.9 Å². The van der Waals surface area contributed by atoms with Gasteiger partial charge >= 0.3 is 0 Å². The van der Waals surface area contributed by atoms with Crippen molar-refractivity contribution in [2.75, 3.05) is 15.9 Å². The topological polar surface area (TPSA) is 79.3 Å². The molecule has 7 nitrogen and oxygen atoms in total. The predicted octanol–water partition coefficient (Wildman–Crippen LogP) is 5.49. The van der Waals surface area contributed by atoms with Crippen LogP contribution in [-0.2, 0) is 10.0 Å². The second kappa shape index (κ2) is 9.85. The Bertz CT molecular complexity index is 1640. The van der Waals surface area contributed by atoms with Gasteiger partial charge in [-0.3, -0.25) is 9.71 Å². The average molecular weight is 550 g/mol.